The van der Waals surface area contributed by atoms with Crippen molar-refractivity contribution in [3.63, 3.8) is 0 Å². The van der Waals surface area contributed by atoms with Crippen LogP contribution < -0.4 is 0 Å². The highest BCUT2D eigenvalue weighted by Gasteiger charge is 2.64. The largest absolute Gasteiger partial charge is 0.527 e. The highest BCUT2D eigenvalue weighted by atomic mass is 32.1. The first kappa shape index (κ1) is 17.6. The molecular weight excluding hydrogens is 342 g/mol. The minimum atomic E-state index is -1.36. The van der Waals surface area contributed by atoms with Gasteiger partial charge in [0.1, 0.15) is 24.8 Å². The Balaban J connectivity index is 1.84. The summed E-state index contributed by atoms with van der Waals surface area (Å²) in [6.45, 7) is 1.41. The molecular formula is C18H20NO5S+. The fraction of sp³-hybridized carbons (Fsp3) is 0.333. The van der Waals surface area contributed by atoms with Crippen LogP contribution in [0.2, 0.25) is 0 Å². The molecule has 1 aromatic heterocycles. The van der Waals surface area contributed by atoms with Gasteiger partial charge in [-0.25, -0.2) is 0 Å². The summed E-state index contributed by atoms with van der Waals surface area (Å²) in [7, 11) is 0. The number of carbonyl (C=O) groups excluding carboxylic acids is 1. The number of aliphatic hydroxyl groups is 1. The first-order chi connectivity index (χ1) is 11.9. The molecule has 0 saturated carbocycles. The van der Waals surface area contributed by atoms with Crippen molar-refractivity contribution in [3.05, 3.63) is 58.3 Å². The zero-order valence-corrected chi connectivity index (χ0v) is 14.6. The van der Waals surface area contributed by atoms with E-state index < -0.39 is 28.3 Å². The van der Waals surface area contributed by atoms with Gasteiger partial charge in [0.2, 0.25) is 0 Å². The SMILES string of the molecule is C[C@@H]1CC(O)(c2ccsc2)C[N+]1(C(=O)O)C(=O)OCc1ccccc1. The van der Waals surface area contributed by atoms with E-state index >= 15 is 0 Å². The average molecular weight is 362 g/mol. The van der Waals surface area contributed by atoms with Gasteiger partial charge < -0.3 is 14.9 Å². The molecule has 3 rings (SSSR count). The van der Waals surface area contributed by atoms with E-state index in [0.29, 0.717) is 5.56 Å². The van der Waals surface area contributed by atoms with Crippen LogP contribution in [-0.2, 0) is 16.9 Å². The highest BCUT2D eigenvalue weighted by Crippen LogP contribution is 2.42. The van der Waals surface area contributed by atoms with Crippen LogP contribution >= 0.6 is 11.3 Å². The van der Waals surface area contributed by atoms with Gasteiger partial charge in [0, 0.05) is 12.0 Å². The molecule has 0 aliphatic carbocycles. The maximum absolute atomic E-state index is 12.7. The number of benzene rings is 1. The molecule has 2 amide bonds. The quantitative estimate of drug-likeness (QED) is 0.816. The number of nitrogens with zero attached hydrogens (tertiary/aromatic N) is 1. The van der Waals surface area contributed by atoms with Crippen molar-refractivity contribution in [1.29, 1.82) is 0 Å². The summed E-state index contributed by atoms with van der Waals surface area (Å²) in [5.74, 6) is 0. The predicted molar refractivity (Wildman–Crippen MR) is 92.1 cm³/mol. The van der Waals surface area contributed by atoms with Crippen LogP contribution in [0.5, 0.6) is 0 Å². The summed E-state index contributed by atoms with van der Waals surface area (Å²) >= 11 is 1.42. The molecule has 0 bridgehead atoms. The molecule has 3 atom stereocenters. The topological polar surface area (TPSA) is 83.8 Å². The summed E-state index contributed by atoms with van der Waals surface area (Å²) < 4.78 is 4.37. The third-order valence-corrected chi connectivity index (χ3v) is 5.51. The second-order valence-corrected chi connectivity index (χ2v) is 7.23. The van der Waals surface area contributed by atoms with Gasteiger partial charge >= 0.3 is 12.2 Å². The third kappa shape index (κ3) is 3.06. The Bertz CT molecular complexity index is 763. The highest BCUT2D eigenvalue weighted by molar-refractivity contribution is 7.08. The Hall–Kier alpha value is -2.22. The molecule has 0 spiro atoms. The number of carbonyl (C=O) groups is 2. The van der Waals surface area contributed by atoms with Gasteiger partial charge in [-0.3, -0.25) is 0 Å². The Kier molecular flexibility index (Phi) is 4.64. The second-order valence-electron chi connectivity index (χ2n) is 6.45. The van der Waals surface area contributed by atoms with E-state index in [-0.39, 0.29) is 19.6 Å². The van der Waals surface area contributed by atoms with Crippen molar-refractivity contribution in [2.24, 2.45) is 0 Å². The summed E-state index contributed by atoms with van der Waals surface area (Å²) in [5.41, 5.74) is 0.0598. The zero-order valence-electron chi connectivity index (χ0n) is 13.8. The molecule has 25 heavy (non-hydrogen) atoms. The molecule has 1 aliphatic heterocycles. The monoisotopic (exact) mass is 362 g/mol. The summed E-state index contributed by atoms with van der Waals surface area (Å²) in [6, 6.07) is 10.2. The van der Waals surface area contributed by atoms with Gasteiger partial charge in [-0.2, -0.15) is 20.9 Å². The Morgan fingerprint density at radius 2 is 2.04 bits per heavy atom. The van der Waals surface area contributed by atoms with E-state index in [0.717, 1.165) is 5.56 Å². The molecule has 132 valence electrons. The fourth-order valence-corrected chi connectivity index (χ4v) is 4.18. The van der Waals surface area contributed by atoms with Crippen LogP contribution in [0.4, 0.5) is 9.59 Å². The van der Waals surface area contributed by atoms with Crippen molar-refractivity contribution in [2.75, 3.05) is 6.54 Å². The number of imide groups is 1. The zero-order chi connectivity index (χ0) is 18.1. The Morgan fingerprint density at radius 1 is 1.32 bits per heavy atom. The molecule has 7 heteroatoms. The van der Waals surface area contributed by atoms with Crippen molar-refractivity contribution >= 4 is 23.5 Å². The van der Waals surface area contributed by atoms with E-state index in [1.54, 1.807) is 30.5 Å². The molecule has 1 fully saturated rings. The predicted octanol–water partition coefficient (Wildman–Crippen LogP) is 3.56. The van der Waals surface area contributed by atoms with Gasteiger partial charge in [-0.15, -0.1) is 4.48 Å². The van der Waals surface area contributed by atoms with Gasteiger partial charge in [0.25, 0.3) is 0 Å². The van der Waals surface area contributed by atoms with Crippen molar-refractivity contribution in [2.45, 2.75) is 31.6 Å². The fourth-order valence-electron chi connectivity index (χ4n) is 3.43. The van der Waals surface area contributed by atoms with Crippen LogP contribution in [0.25, 0.3) is 0 Å². The Labute approximate surface area is 149 Å². The minimum Gasteiger partial charge on any atom is -0.435 e. The number of hydrogen-bond donors (Lipinski definition) is 2. The molecule has 1 saturated heterocycles. The second kappa shape index (κ2) is 6.59. The van der Waals surface area contributed by atoms with Gasteiger partial charge in [0.15, 0.2) is 0 Å². The van der Waals surface area contributed by atoms with Crippen molar-refractivity contribution in [1.82, 2.24) is 0 Å². The third-order valence-electron chi connectivity index (χ3n) is 4.83. The lowest BCUT2D eigenvalue weighted by molar-refractivity contribution is -0.799. The first-order valence-corrected chi connectivity index (χ1v) is 8.90. The molecule has 2 unspecified atom stereocenters. The summed E-state index contributed by atoms with van der Waals surface area (Å²) in [5, 5.41) is 24.4. The standard InChI is InChI=1S/C18H19NO5S/c1-13-9-18(23,15-7-8-25-11-15)12-19(13,16(20)21)17(22)24-10-14-5-3-2-4-6-14/h2-8,11,13,23H,9-10,12H2,1H3/p+1/t13-,18?,19?/m1/s1. The van der Waals surface area contributed by atoms with E-state index in [1.165, 1.54) is 11.3 Å². The van der Waals surface area contributed by atoms with Crippen molar-refractivity contribution < 1.29 is 29.0 Å². The van der Waals surface area contributed by atoms with Crippen molar-refractivity contribution in [3.8, 4) is 0 Å². The maximum Gasteiger partial charge on any atom is 0.527 e. The van der Waals surface area contributed by atoms with Crippen LogP contribution in [0, 0.1) is 0 Å². The lowest BCUT2D eigenvalue weighted by Crippen LogP contribution is -2.59. The number of likely N-dealkylation sites (tertiary alicyclic amines) is 1. The summed E-state index contributed by atoms with van der Waals surface area (Å²) in [4.78, 5) is 24.7. The lowest BCUT2D eigenvalue weighted by atomic mass is 9.94. The van der Waals surface area contributed by atoms with Crippen LogP contribution in [0.3, 0.4) is 0 Å². The molecule has 2 N–H and O–H groups in total. The molecule has 0 radical (unpaired) electrons. The first-order valence-electron chi connectivity index (χ1n) is 7.96. The smallest absolute Gasteiger partial charge is 0.435 e. The van der Waals surface area contributed by atoms with Gasteiger partial charge in [0.05, 0.1) is 0 Å². The minimum absolute atomic E-state index is 0.00342. The van der Waals surface area contributed by atoms with Crippen LogP contribution in [0.1, 0.15) is 24.5 Å². The normalized spacial score (nSPS) is 28.6. The van der Waals surface area contributed by atoms with Crippen LogP contribution in [0.15, 0.2) is 47.2 Å². The van der Waals surface area contributed by atoms with Gasteiger partial charge in [-0.05, 0) is 29.3 Å². The molecule has 1 aromatic carbocycles. The molecule has 1 aliphatic rings. The number of hydrogen-bond acceptors (Lipinski definition) is 5. The molecule has 2 aromatic rings. The number of ether oxygens (including phenoxy) is 1. The number of thiophene rings is 1. The van der Waals surface area contributed by atoms with E-state index in [4.69, 9.17) is 4.74 Å². The van der Waals surface area contributed by atoms with E-state index in [1.807, 2.05) is 23.6 Å². The lowest BCUT2D eigenvalue weighted by Gasteiger charge is -2.28. The number of amides is 2. The number of quaternary nitrogens is 1. The van der Waals surface area contributed by atoms with E-state index in [9.17, 15) is 19.8 Å². The Morgan fingerprint density at radius 3 is 2.64 bits per heavy atom. The molecule has 2 heterocycles. The van der Waals surface area contributed by atoms with Crippen LogP contribution in [-0.4, -0.2) is 39.5 Å². The average Bonchev–Trinajstić information content (AvgIpc) is 3.21. The number of carboxylic acid groups (broad SMARTS) is 1. The maximum atomic E-state index is 12.7. The van der Waals surface area contributed by atoms with Gasteiger partial charge in [-0.1, -0.05) is 30.3 Å². The number of rotatable bonds is 3. The van der Waals surface area contributed by atoms with E-state index in [2.05, 4.69) is 0 Å². The summed E-state index contributed by atoms with van der Waals surface area (Å²) in [6.07, 6.45) is -1.98. The molecule has 6 nitrogen and oxygen atoms in total.